The molecule has 2 aromatic rings. The van der Waals surface area contributed by atoms with Crippen LogP contribution in [0.25, 0.3) is 6.08 Å². The van der Waals surface area contributed by atoms with Crippen LogP contribution in [0.3, 0.4) is 0 Å². The molecule has 1 aromatic carbocycles. The molecule has 28 heavy (non-hydrogen) atoms. The number of nitrogens with zero attached hydrogens (tertiary/aromatic N) is 1. The third-order valence-corrected chi connectivity index (χ3v) is 6.46. The molecule has 0 aliphatic rings. The lowest BCUT2D eigenvalue weighted by atomic mass is 10.2. The van der Waals surface area contributed by atoms with Crippen LogP contribution in [0, 0.1) is 5.82 Å². The first-order valence-corrected chi connectivity index (χ1v) is 10.3. The minimum atomic E-state index is -3.30. The number of pyridine rings is 1. The summed E-state index contributed by atoms with van der Waals surface area (Å²) in [6, 6.07) is 7.62. The van der Waals surface area contributed by atoms with E-state index in [1.54, 1.807) is 45.2 Å². The molecule has 0 fully saturated rings. The van der Waals surface area contributed by atoms with Crippen molar-refractivity contribution in [2.45, 2.75) is 25.5 Å². The minimum absolute atomic E-state index is 0.00896. The Morgan fingerprint density at radius 1 is 1.29 bits per heavy atom. The number of amides is 1. The molecule has 1 heterocycles. The first-order chi connectivity index (χ1) is 13.1. The van der Waals surface area contributed by atoms with Gasteiger partial charge in [-0.2, -0.15) is 0 Å². The molecule has 0 unspecified atom stereocenters. The number of ether oxygens (including phenoxy) is 1. The zero-order chi connectivity index (χ0) is 20.8. The van der Waals surface area contributed by atoms with Gasteiger partial charge in [0.1, 0.15) is 5.75 Å². The number of carbonyl (C=O) groups excluding carboxylic acids is 1. The summed E-state index contributed by atoms with van der Waals surface area (Å²) >= 11 is 0. The van der Waals surface area contributed by atoms with E-state index < -0.39 is 26.3 Å². The van der Waals surface area contributed by atoms with E-state index in [-0.39, 0.29) is 18.0 Å². The first kappa shape index (κ1) is 21.6. The SMILES string of the molecule is CC(C)(C)S(=O)(=O)CCNC(=O)C=Cc1ccc(Oc2cccnc2)c(F)c1. The van der Waals surface area contributed by atoms with Crippen molar-refractivity contribution in [1.29, 1.82) is 0 Å². The quantitative estimate of drug-likeness (QED) is 0.713. The zero-order valence-electron chi connectivity index (χ0n) is 16.0. The average molecular weight is 406 g/mol. The standard InChI is InChI=1S/C20H23FN2O4S/c1-20(2,3)28(25,26)12-11-23-19(24)9-7-15-6-8-18(17(21)13-15)27-16-5-4-10-22-14-16/h4-10,13-14H,11-12H2,1-3H3,(H,23,24). The van der Waals surface area contributed by atoms with Crippen LogP contribution in [-0.4, -0.2) is 36.4 Å². The maximum atomic E-state index is 14.2. The van der Waals surface area contributed by atoms with E-state index in [4.69, 9.17) is 4.74 Å². The van der Waals surface area contributed by atoms with Gasteiger partial charge >= 0.3 is 0 Å². The lowest BCUT2D eigenvalue weighted by molar-refractivity contribution is -0.116. The van der Waals surface area contributed by atoms with E-state index in [0.717, 1.165) is 0 Å². The van der Waals surface area contributed by atoms with Gasteiger partial charge in [0.25, 0.3) is 0 Å². The molecule has 0 saturated heterocycles. The van der Waals surface area contributed by atoms with Crippen molar-refractivity contribution in [2.24, 2.45) is 0 Å². The van der Waals surface area contributed by atoms with E-state index in [0.29, 0.717) is 11.3 Å². The Morgan fingerprint density at radius 3 is 2.64 bits per heavy atom. The molecule has 0 saturated carbocycles. The van der Waals surface area contributed by atoms with Crippen molar-refractivity contribution >= 4 is 21.8 Å². The summed E-state index contributed by atoms with van der Waals surface area (Å²) in [5.41, 5.74) is 0.466. The number of sulfone groups is 1. The minimum Gasteiger partial charge on any atom is -0.453 e. The first-order valence-electron chi connectivity index (χ1n) is 8.64. The van der Waals surface area contributed by atoms with Crippen molar-refractivity contribution < 1.29 is 22.3 Å². The number of benzene rings is 1. The summed E-state index contributed by atoms with van der Waals surface area (Å²) < 4.78 is 42.7. The Labute approximate surface area is 164 Å². The molecule has 1 N–H and O–H groups in total. The second kappa shape index (κ2) is 8.97. The topological polar surface area (TPSA) is 85.4 Å². The van der Waals surface area contributed by atoms with Gasteiger partial charge in [-0.15, -0.1) is 0 Å². The van der Waals surface area contributed by atoms with E-state index in [1.807, 2.05) is 0 Å². The maximum absolute atomic E-state index is 14.2. The smallest absolute Gasteiger partial charge is 0.244 e. The van der Waals surface area contributed by atoms with Crippen molar-refractivity contribution in [1.82, 2.24) is 10.3 Å². The maximum Gasteiger partial charge on any atom is 0.244 e. The van der Waals surface area contributed by atoms with Crippen LogP contribution in [0.5, 0.6) is 11.5 Å². The van der Waals surface area contributed by atoms with Crippen LogP contribution >= 0.6 is 0 Å². The monoisotopic (exact) mass is 406 g/mol. The molecule has 6 nitrogen and oxygen atoms in total. The van der Waals surface area contributed by atoms with Gasteiger partial charge in [-0.05, 0) is 56.7 Å². The van der Waals surface area contributed by atoms with E-state index in [1.165, 1.54) is 30.5 Å². The van der Waals surface area contributed by atoms with Crippen molar-refractivity contribution in [3.05, 3.63) is 60.2 Å². The fourth-order valence-corrected chi connectivity index (χ4v) is 3.07. The highest BCUT2D eigenvalue weighted by Gasteiger charge is 2.28. The van der Waals surface area contributed by atoms with Gasteiger partial charge in [0.05, 0.1) is 16.7 Å². The Morgan fingerprint density at radius 2 is 2.04 bits per heavy atom. The molecule has 1 aromatic heterocycles. The van der Waals surface area contributed by atoms with Gasteiger partial charge in [0.15, 0.2) is 21.4 Å². The number of hydrogen-bond donors (Lipinski definition) is 1. The van der Waals surface area contributed by atoms with Crippen LogP contribution in [0.2, 0.25) is 0 Å². The molecule has 0 spiro atoms. The van der Waals surface area contributed by atoms with Gasteiger partial charge in [-0.3, -0.25) is 9.78 Å². The van der Waals surface area contributed by atoms with Crippen molar-refractivity contribution in [3.8, 4) is 11.5 Å². The number of nitrogens with one attached hydrogen (secondary N) is 1. The highest BCUT2D eigenvalue weighted by Crippen LogP contribution is 2.24. The molecular formula is C20H23FN2O4S. The summed E-state index contributed by atoms with van der Waals surface area (Å²) in [6.07, 6.45) is 5.71. The predicted octanol–water partition coefficient (Wildman–Crippen LogP) is 3.36. The highest BCUT2D eigenvalue weighted by molar-refractivity contribution is 7.92. The van der Waals surface area contributed by atoms with Crippen LogP contribution in [0.4, 0.5) is 4.39 Å². The molecule has 0 aliphatic heterocycles. The van der Waals surface area contributed by atoms with Crippen molar-refractivity contribution in [3.63, 3.8) is 0 Å². The van der Waals surface area contributed by atoms with Gasteiger partial charge in [-0.25, -0.2) is 12.8 Å². The Bertz CT molecular complexity index is 952. The Kier molecular flexibility index (Phi) is 6.90. The molecule has 1 amide bonds. The van der Waals surface area contributed by atoms with Crippen molar-refractivity contribution in [2.75, 3.05) is 12.3 Å². The van der Waals surface area contributed by atoms with E-state index in [9.17, 15) is 17.6 Å². The van der Waals surface area contributed by atoms with E-state index >= 15 is 0 Å². The molecule has 0 aliphatic carbocycles. The average Bonchev–Trinajstić information content (AvgIpc) is 2.62. The third kappa shape index (κ3) is 6.16. The van der Waals surface area contributed by atoms with Gasteiger partial charge < -0.3 is 10.1 Å². The molecule has 150 valence electrons. The summed E-state index contributed by atoms with van der Waals surface area (Å²) in [5.74, 6) is -0.732. The number of rotatable bonds is 7. The summed E-state index contributed by atoms with van der Waals surface area (Å²) in [7, 11) is -3.30. The second-order valence-electron chi connectivity index (χ2n) is 7.04. The molecule has 2 rings (SSSR count). The highest BCUT2D eigenvalue weighted by atomic mass is 32.2. The zero-order valence-corrected chi connectivity index (χ0v) is 16.8. The lowest BCUT2D eigenvalue weighted by Gasteiger charge is -2.18. The number of carbonyl (C=O) groups is 1. The van der Waals surface area contributed by atoms with E-state index in [2.05, 4.69) is 10.3 Å². The summed E-state index contributed by atoms with van der Waals surface area (Å²) in [5, 5.41) is 2.51. The number of halogens is 1. The van der Waals surface area contributed by atoms with Gasteiger partial charge in [-0.1, -0.05) is 6.07 Å². The molecule has 0 atom stereocenters. The summed E-state index contributed by atoms with van der Waals surface area (Å²) in [4.78, 5) is 15.7. The summed E-state index contributed by atoms with van der Waals surface area (Å²) in [6.45, 7) is 4.84. The van der Waals surface area contributed by atoms with Crippen LogP contribution in [0.1, 0.15) is 26.3 Å². The Balaban J connectivity index is 1.91. The largest absolute Gasteiger partial charge is 0.453 e. The fourth-order valence-electron chi connectivity index (χ4n) is 2.08. The number of hydrogen-bond acceptors (Lipinski definition) is 5. The lowest BCUT2D eigenvalue weighted by Crippen LogP contribution is -2.36. The van der Waals surface area contributed by atoms with Crippen LogP contribution in [-0.2, 0) is 14.6 Å². The molecule has 0 radical (unpaired) electrons. The fraction of sp³-hybridized carbons (Fsp3) is 0.300. The molecular weight excluding hydrogens is 383 g/mol. The predicted molar refractivity (Wildman–Crippen MR) is 106 cm³/mol. The normalized spacial score (nSPS) is 12.1. The van der Waals surface area contributed by atoms with Crippen LogP contribution < -0.4 is 10.1 Å². The molecule has 8 heteroatoms. The number of aromatic nitrogens is 1. The van der Waals surface area contributed by atoms with Crippen LogP contribution in [0.15, 0.2) is 48.8 Å². The molecule has 0 bridgehead atoms. The van der Waals surface area contributed by atoms with Gasteiger partial charge in [0, 0.05) is 18.8 Å². The third-order valence-electron chi connectivity index (χ3n) is 3.85. The second-order valence-corrected chi connectivity index (χ2v) is 9.90. The van der Waals surface area contributed by atoms with Gasteiger partial charge in [0.2, 0.25) is 5.91 Å². The Hall–Kier alpha value is -2.74.